The summed E-state index contributed by atoms with van der Waals surface area (Å²) < 4.78 is 13.7. The molecule has 3 aromatic rings. The lowest BCUT2D eigenvalue weighted by Crippen LogP contribution is -2.45. The van der Waals surface area contributed by atoms with E-state index in [-0.39, 0.29) is 18.3 Å². The Labute approximate surface area is 183 Å². The zero-order valence-electron chi connectivity index (χ0n) is 17.9. The molecule has 0 saturated carbocycles. The van der Waals surface area contributed by atoms with Crippen molar-refractivity contribution < 1.29 is 9.18 Å². The van der Waals surface area contributed by atoms with Crippen LogP contribution in [0.25, 0.3) is 0 Å². The largest absolute Gasteiger partial charge is 0.369 e. The van der Waals surface area contributed by atoms with Gasteiger partial charge in [0, 0.05) is 56.1 Å². The molecule has 0 aromatic heterocycles. The zero-order chi connectivity index (χ0) is 21.6. The lowest BCUT2D eigenvalue weighted by molar-refractivity contribution is 0.0950. The summed E-state index contributed by atoms with van der Waals surface area (Å²) >= 11 is 0. The highest BCUT2D eigenvalue weighted by Gasteiger charge is 2.17. The quantitative estimate of drug-likeness (QED) is 0.646. The van der Waals surface area contributed by atoms with Crippen LogP contribution in [0.15, 0.2) is 72.8 Å². The van der Waals surface area contributed by atoms with Crippen molar-refractivity contribution in [2.45, 2.75) is 20.0 Å². The van der Waals surface area contributed by atoms with Gasteiger partial charge in [-0.15, -0.1) is 0 Å². The Morgan fingerprint density at radius 3 is 2.26 bits per heavy atom. The molecule has 5 heteroatoms. The second-order valence-corrected chi connectivity index (χ2v) is 8.07. The van der Waals surface area contributed by atoms with Crippen molar-refractivity contribution in [3.8, 4) is 0 Å². The first-order valence-corrected chi connectivity index (χ1v) is 10.7. The molecule has 160 valence electrons. The summed E-state index contributed by atoms with van der Waals surface area (Å²) in [6, 6.07) is 22.9. The van der Waals surface area contributed by atoms with Crippen LogP contribution >= 0.6 is 0 Å². The summed E-state index contributed by atoms with van der Waals surface area (Å²) in [7, 11) is 0. The van der Waals surface area contributed by atoms with Crippen LogP contribution in [-0.4, -0.2) is 37.0 Å². The van der Waals surface area contributed by atoms with Gasteiger partial charge < -0.3 is 10.2 Å². The number of nitrogens with one attached hydrogen (secondary N) is 1. The predicted molar refractivity (Wildman–Crippen MR) is 123 cm³/mol. The summed E-state index contributed by atoms with van der Waals surface area (Å²) in [6.07, 6.45) is 0. The molecule has 4 rings (SSSR count). The molecule has 1 aliphatic rings. The summed E-state index contributed by atoms with van der Waals surface area (Å²) in [4.78, 5) is 17.2. The van der Waals surface area contributed by atoms with Crippen molar-refractivity contribution in [1.29, 1.82) is 0 Å². The first-order valence-electron chi connectivity index (χ1n) is 10.7. The van der Waals surface area contributed by atoms with Gasteiger partial charge in [-0.05, 0) is 42.8 Å². The second kappa shape index (κ2) is 9.75. The van der Waals surface area contributed by atoms with E-state index in [1.54, 1.807) is 18.2 Å². The Morgan fingerprint density at radius 1 is 0.903 bits per heavy atom. The van der Waals surface area contributed by atoms with Crippen LogP contribution in [0.1, 0.15) is 27.0 Å². The number of hydrogen-bond donors (Lipinski definition) is 1. The van der Waals surface area contributed by atoms with E-state index in [0.717, 1.165) is 32.7 Å². The van der Waals surface area contributed by atoms with Crippen molar-refractivity contribution in [3.63, 3.8) is 0 Å². The zero-order valence-corrected chi connectivity index (χ0v) is 17.9. The van der Waals surface area contributed by atoms with E-state index >= 15 is 0 Å². The summed E-state index contributed by atoms with van der Waals surface area (Å²) in [6.45, 7) is 7.22. The molecular formula is C26H28FN3O. The Balaban J connectivity index is 1.26. The number of anilines is 1. The molecule has 1 aliphatic heterocycles. The van der Waals surface area contributed by atoms with Gasteiger partial charge in [-0.3, -0.25) is 9.69 Å². The first kappa shape index (κ1) is 21.1. The molecule has 31 heavy (non-hydrogen) atoms. The van der Waals surface area contributed by atoms with Gasteiger partial charge >= 0.3 is 0 Å². The molecule has 4 nitrogen and oxygen atoms in total. The summed E-state index contributed by atoms with van der Waals surface area (Å²) in [5, 5.41) is 2.79. The standard InChI is InChI=1S/C26H28FN3O/c1-20-6-12-24(13-7-20)30-16-14-29(15-17-30)19-21-8-10-22(11-9-21)26(31)28-18-23-4-2-3-5-25(23)27/h2-13H,14-19H2,1H3,(H,28,31). The maximum atomic E-state index is 13.7. The third-order valence-electron chi connectivity index (χ3n) is 5.79. The van der Waals surface area contributed by atoms with E-state index in [1.807, 2.05) is 24.3 Å². The van der Waals surface area contributed by atoms with E-state index in [1.165, 1.54) is 22.9 Å². The van der Waals surface area contributed by atoms with Gasteiger partial charge in [-0.2, -0.15) is 0 Å². The van der Waals surface area contributed by atoms with Gasteiger partial charge in [0.2, 0.25) is 0 Å². The number of piperazine rings is 1. The van der Waals surface area contributed by atoms with Gasteiger partial charge in [0.05, 0.1) is 0 Å². The van der Waals surface area contributed by atoms with Gasteiger partial charge in [0.15, 0.2) is 0 Å². The topological polar surface area (TPSA) is 35.6 Å². The van der Waals surface area contributed by atoms with Crippen LogP contribution in [0.2, 0.25) is 0 Å². The first-order chi connectivity index (χ1) is 15.1. The number of carbonyl (C=O) groups is 1. The van der Waals surface area contributed by atoms with Crippen molar-refractivity contribution in [2.24, 2.45) is 0 Å². The number of amides is 1. The number of halogens is 1. The second-order valence-electron chi connectivity index (χ2n) is 8.07. The molecule has 0 atom stereocenters. The van der Waals surface area contributed by atoms with E-state index in [2.05, 4.69) is 46.3 Å². The van der Waals surface area contributed by atoms with Crippen LogP contribution < -0.4 is 10.2 Å². The van der Waals surface area contributed by atoms with Crippen molar-refractivity contribution in [1.82, 2.24) is 10.2 Å². The van der Waals surface area contributed by atoms with Crippen LogP contribution in [0.3, 0.4) is 0 Å². The molecule has 1 saturated heterocycles. The minimum absolute atomic E-state index is 0.179. The molecule has 1 fully saturated rings. The average molecular weight is 418 g/mol. The third-order valence-corrected chi connectivity index (χ3v) is 5.79. The highest BCUT2D eigenvalue weighted by Crippen LogP contribution is 2.18. The molecule has 1 heterocycles. The summed E-state index contributed by atoms with van der Waals surface area (Å²) in [5.41, 5.74) is 4.83. The van der Waals surface area contributed by atoms with Crippen LogP contribution in [0.4, 0.5) is 10.1 Å². The molecule has 0 spiro atoms. The fourth-order valence-electron chi connectivity index (χ4n) is 3.86. The smallest absolute Gasteiger partial charge is 0.251 e. The van der Waals surface area contributed by atoms with Crippen LogP contribution in [0.5, 0.6) is 0 Å². The van der Waals surface area contributed by atoms with Crippen LogP contribution in [0, 0.1) is 12.7 Å². The number of carbonyl (C=O) groups excluding carboxylic acids is 1. The van der Waals surface area contributed by atoms with E-state index in [0.29, 0.717) is 11.1 Å². The Hall–Kier alpha value is -3.18. The third kappa shape index (κ3) is 5.50. The van der Waals surface area contributed by atoms with E-state index in [9.17, 15) is 9.18 Å². The average Bonchev–Trinajstić information content (AvgIpc) is 2.80. The molecule has 0 bridgehead atoms. The van der Waals surface area contributed by atoms with Gasteiger partial charge in [0.1, 0.15) is 5.82 Å². The van der Waals surface area contributed by atoms with Gasteiger partial charge in [0.25, 0.3) is 5.91 Å². The molecule has 0 unspecified atom stereocenters. The predicted octanol–water partition coefficient (Wildman–Crippen LogP) is 4.39. The highest BCUT2D eigenvalue weighted by atomic mass is 19.1. The number of benzene rings is 3. The lowest BCUT2D eigenvalue weighted by atomic mass is 10.1. The van der Waals surface area contributed by atoms with E-state index < -0.39 is 0 Å². The van der Waals surface area contributed by atoms with E-state index in [4.69, 9.17) is 0 Å². The Bertz CT molecular complexity index is 1010. The fraction of sp³-hybridized carbons (Fsp3) is 0.269. The van der Waals surface area contributed by atoms with Gasteiger partial charge in [-0.1, -0.05) is 48.0 Å². The Kier molecular flexibility index (Phi) is 6.63. The van der Waals surface area contributed by atoms with Crippen molar-refractivity contribution in [2.75, 3.05) is 31.1 Å². The number of rotatable bonds is 6. The molecule has 0 aliphatic carbocycles. The SMILES string of the molecule is Cc1ccc(N2CCN(Cc3ccc(C(=O)NCc4ccccc4F)cc3)CC2)cc1. The molecule has 3 aromatic carbocycles. The minimum Gasteiger partial charge on any atom is -0.369 e. The monoisotopic (exact) mass is 417 g/mol. The maximum absolute atomic E-state index is 13.7. The number of aryl methyl sites for hydroxylation is 1. The molecule has 1 N–H and O–H groups in total. The fourth-order valence-corrected chi connectivity index (χ4v) is 3.86. The van der Waals surface area contributed by atoms with Crippen molar-refractivity contribution >= 4 is 11.6 Å². The Morgan fingerprint density at radius 2 is 1.58 bits per heavy atom. The molecule has 0 radical (unpaired) electrons. The highest BCUT2D eigenvalue weighted by molar-refractivity contribution is 5.94. The lowest BCUT2D eigenvalue weighted by Gasteiger charge is -2.36. The van der Waals surface area contributed by atoms with Gasteiger partial charge in [-0.25, -0.2) is 4.39 Å². The van der Waals surface area contributed by atoms with Crippen molar-refractivity contribution in [3.05, 3.63) is 101 Å². The number of hydrogen-bond acceptors (Lipinski definition) is 3. The summed E-state index contributed by atoms with van der Waals surface area (Å²) in [5.74, 6) is -0.498. The minimum atomic E-state index is -0.305. The maximum Gasteiger partial charge on any atom is 0.251 e. The molecular weight excluding hydrogens is 389 g/mol. The number of nitrogens with zero attached hydrogens (tertiary/aromatic N) is 2. The normalized spacial score (nSPS) is 14.5. The van der Waals surface area contributed by atoms with Crippen LogP contribution in [-0.2, 0) is 13.1 Å². The molecule has 1 amide bonds.